The highest BCUT2D eigenvalue weighted by molar-refractivity contribution is 8.06. The third-order valence-corrected chi connectivity index (χ3v) is 7.78. The number of hydrogen-bond donors (Lipinski definition) is 2. The zero-order valence-corrected chi connectivity index (χ0v) is 22.8. The van der Waals surface area contributed by atoms with E-state index < -0.39 is 7.12 Å². The van der Waals surface area contributed by atoms with Gasteiger partial charge < -0.3 is 14.5 Å². The van der Waals surface area contributed by atoms with Crippen LogP contribution in [0.25, 0.3) is 54.6 Å². The van der Waals surface area contributed by atoms with Crippen LogP contribution in [0.5, 0.6) is 0 Å². The lowest BCUT2D eigenvalue weighted by Crippen LogP contribution is -2.29. The summed E-state index contributed by atoms with van der Waals surface area (Å²) in [7, 11) is -1.46. The Morgan fingerprint density at radius 3 is 2.23 bits per heavy atom. The molecule has 0 bridgehead atoms. The van der Waals surface area contributed by atoms with E-state index in [-0.39, 0.29) is 0 Å². The Kier molecular flexibility index (Phi) is 7.76. The molecule has 1 aromatic heterocycles. The molecular formula is C34H29BO3S. The third kappa shape index (κ3) is 5.43. The highest BCUT2D eigenvalue weighted by Gasteiger charge is 2.14. The smallest absolute Gasteiger partial charge is 0.456 e. The van der Waals surface area contributed by atoms with E-state index in [2.05, 4.69) is 62.6 Å². The molecule has 0 fully saturated rings. The summed E-state index contributed by atoms with van der Waals surface area (Å²) in [6.07, 6.45) is 3.82. The zero-order chi connectivity index (χ0) is 27.5. The van der Waals surface area contributed by atoms with Gasteiger partial charge in [0.2, 0.25) is 0 Å². The summed E-state index contributed by atoms with van der Waals surface area (Å²) in [4.78, 5) is 2.27. The molecule has 0 aliphatic rings. The fourth-order valence-corrected chi connectivity index (χ4v) is 5.36. The van der Waals surface area contributed by atoms with Gasteiger partial charge in [-0.3, -0.25) is 0 Å². The minimum absolute atomic E-state index is 0.497. The molecule has 5 aromatic carbocycles. The van der Waals surface area contributed by atoms with Crippen LogP contribution in [-0.4, -0.2) is 17.2 Å². The van der Waals surface area contributed by atoms with Crippen LogP contribution < -0.4 is 5.46 Å². The predicted molar refractivity (Wildman–Crippen MR) is 170 cm³/mol. The van der Waals surface area contributed by atoms with E-state index in [4.69, 9.17) is 4.42 Å². The highest BCUT2D eigenvalue weighted by atomic mass is 32.2. The Labute approximate surface area is 232 Å². The number of hydrogen-bond acceptors (Lipinski definition) is 4. The van der Waals surface area contributed by atoms with Crippen molar-refractivity contribution in [1.82, 2.24) is 0 Å². The standard InChI is InChI=1S/C26H17BO3.C8H12S/c28-27(29)19-11-13-21-18(15-19)9-8-16-14-17(10-12-20(16)21)22-5-3-7-25-26(22)23-4-1-2-6-24(23)30-25;1-5-7(3)9-8(4)6-2/h1-15,28-29H;5-6H,1,3H2,2,4H3/b;8-6+. The molecular weight excluding hydrogens is 499 g/mol. The number of furan rings is 1. The van der Waals surface area contributed by atoms with E-state index in [1.54, 1.807) is 23.9 Å². The molecule has 6 rings (SSSR count). The average molecular weight is 528 g/mol. The Balaban J connectivity index is 0.000000298. The van der Waals surface area contributed by atoms with Crippen LogP contribution in [0, 0.1) is 0 Å². The van der Waals surface area contributed by atoms with Gasteiger partial charge in [-0.1, -0.05) is 110 Å². The highest BCUT2D eigenvalue weighted by Crippen LogP contribution is 2.38. The summed E-state index contributed by atoms with van der Waals surface area (Å²) in [5.74, 6) is 0. The topological polar surface area (TPSA) is 53.6 Å². The molecule has 0 atom stereocenters. The van der Waals surface area contributed by atoms with Gasteiger partial charge >= 0.3 is 7.12 Å². The zero-order valence-electron chi connectivity index (χ0n) is 22.0. The maximum absolute atomic E-state index is 9.45. The molecule has 2 N–H and O–H groups in total. The summed E-state index contributed by atoms with van der Waals surface area (Å²) in [6, 6.07) is 30.5. The number of benzene rings is 5. The van der Waals surface area contributed by atoms with Gasteiger partial charge in [0.25, 0.3) is 0 Å². The number of fused-ring (bicyclic) bond motifs is 6. The first-order valence-electron chi connectivity index (χ1n) is 12.7. The number of allylic oxidation sites excluding steroid dienone is 3. The van der Waals surface area contributed by atoms with Crippen molar-refractivity contribution in [2.45, 2.75) is 13.8 Å². The maximum Gasteiger partial charge on any atom is 0.488 e. The van der Waals surface area contributed by atoms with Crippen molar-refractivity contribution in [3.8, 4) is 11.1 Å². The lowest BCUT2D eigenvalue weighted by atomic mass is 9.79. The predicted octanol–water partition coefficient (Wildman–Crippen LogP) is 8.58. The lowest BCUT2D eigenvalue weighted by Gasteiger charge is -2.09. The lowest BCUT2D eigenvalue weighted by molar-refractivity contribution is 0.426. The molecule has 39 heavy (non-hydrogen) atoms. The quantitative estimate of drug-likeness (QED) is 0.134. The van der Waals surface area contributed by atoms with Gasteiger partial charge in [0.05, 0.1) is 0 Å². The van der Waals surface area contributed by atoms with Crippen LogP contribution in [0.2, 0.25) is 0 Å². The molecule has 0 amide bonds. The normalized spacial score (nSPS) is 11.5. The van der Waals surface area contributed by atoms with Crippen molar-refractivity contribution >= 4 is 67.8 Å². The Bertz CT molecular complexity index is 1880. The minimum atomic E-state index is -1.46. The van der Waals surface area contributed by atoms with E-state index in [1.165, 1.54) is 4.91 Å². The van der Waals surface area contributed by atoms with Crippen LogP contribution in [0.3, 0.4) is 0 Å². The average Bonchev–Trinajstić information content (AvgIpc) is 3.35. The van der Waals surface area contributed by atoms with Gasteiger partial charge in [-0.15, -0.1) is 0 Å². The molecule has 0 radical (unpaired) electrons. The molecule has 0 aliphatic carbocycles. The Morgan fingerprint density at radius 2 is 1.51 bits per heavy atom. The third-order valence-electron chi connectivity index (χ3n) is 6.80. The largest absolute Gasteiger partial charge is 0.488 e. The minimum Gasteiger partial charge on any atom is -0.456 e. The molecule has 3 nitrogen and oxygen atoms in total. The van der Waals surface area contributed by atoms with Crippen LogP contribution in [0.15, 0.2) is 131 Å². The fraction of sp³-hybridized carbons (Fsp3) is 0.0588. The molecule has 6 aromatic rings. The molecule has 0 unspecified atom stereocenters. The number of rotatable bonds is 5. The summed E-state index contributed by atoms with van der Waals surface area (Å²) < 4.78 is 6.05. The van der Waals surface area contributed by atoms with Gasteiger partial charge in [0.15, 0.2) is 0 Å². The van der Waals surface area contributed by atoms with Gasteiger partial charge in [-0.25, -0.2) is 0 Å². The first kappa shape index (κ1) is 26.6. The molecule has 0 saturated carbocycles. The van der Waals surface area contributed by atoms with Gasteiger partial charge in [0, 0.05) is 15.7 Å². The van der Waals surface area contributed by atoms with Crippen molar-refractivity contribution in [2.24, 2.45) is 0 Å². The maximum atomic E-state index is 9.45. The van der Waals surface area contributed by atoms with E-state index in [0.29, 0.717) is 5.46 Å². The second kappa shape index (κ2) is 11.4. The van der Waals surface area contributed by atoms with Gasteiger partial charge in [0.1, 0.15) is 11.2 Å². The van der Waals surface area contributed by atoms with Gasteiger partial charge in [-0.05, 0) is 75.1 Å². The van der Waals surface area contributed by atoms with E-state index in [1.807, 2.05) is 55.5 Å². The van der Waals surface area contributed by atoms with Crippen LogP contribution in [0.4, 0.5) is 0 Å². The molecule has 0 spiro atoms. The first-order valence-corrected chi connectivity index (χ1v) is 13.6. The van der Waals surface area contributed by atoms with Crippen molar-refractivity contribution in [3.05, 3.63) is 126 Å². The molecule has 192 valence electrons. The molecule has 0 saturated heterocycles. The van der Waals surface area contributed by atoms with E-state index in [0.717, 1.165) is 59.5 Å². The molecule has 5 heteroatoms. The summed E-state index contributed by atoms with van der Waals surface area (Å²) in [6.45, 7) is 11.4. The van der Waals surface area contributed by atoms with Crippen molar-refractivity contribution in [2.75, 3.05) is 0 Å². The summed E-state index contributed by atoms with van der Waals surface area (Å²) in [5, 5.41) is 25.5. The fourth-order valence-electron chi connectivity index (χ4n) is 4.74. The monoisotopic (exact) mass is 528 g/mol. The number of thioether (sulfide) groups is 1. The summed E-state index contributed by atoms with van der Waals surface area (Å²) in [5.41, 5.74) is 4.58. The number of para-hydroxylation sites is 1. The molecule has 0 aliphatic heterocycles. The van der Waals surface area contributed by atoms with Crippen molar-refractivity contribution in [1.29, 1.82) is 0 Å². The van der Waals surface area contributed by atoms with Crippen molar-refractivity contribution < 1.29 is 14.5 Å². The van der Waals surface area contributed by atoms with Gasteiger partial charge in [-0.2, -0.15) is 0 Å². The van der Waals surface area contributed by atoms with E-state index in [9.17, 15) is 10.0 Å². The van der Waals surface area contributed by atoms with Crippen LogP contribution >= 0.6 is 11.8 Å². The Morgan fingerprint density at radius 1 is 0.821 bits per heavy atom. The van der Waals surface area contributed by atoms with E-state index >= 15 is 0 Å². The van der Waals surface area contributed by atoms with Crippen LogP contribution in [0.1, 0.15) is 13.8 Å². The summed E-state index contributed by atoms with van der Waals surface area (Å²) >= 11 is 1.65. The Hall–Kier alpha value is -4.03. The van der Waals surface area contributed by atoms with Crippen LogP contribution in [-0.2, 0) is 0 Å². The first-order chi connectivity index (χ1) is 18.9. The molecule has 1 heterocycles. The SMILES string of the molecule is C=CC(=C)S/C(C)=C/C.OB(O)c1ccc2c(ccc3cc(-c4cccc5oc6ccccc6c45)ccc32)c1. The van der Waals surface area contributed by atoms with Crippen molar-refractivity contribution in [3.63, 3.8) is 0 Å². The second-order valence-electron chi connectivity index (χ2n) is 9.30. The second-order valence-corrected chi connectivity index (χ2v) is 10.7.